The number of nitrogens with one attached hydrogen (secondary N) is 2. The molecule has 0 aliphatic carbocycles. The van der Waals surface area contributed by atoms with Crippen LogP contribution in [0.2, 0.25) is 0 Å². The van der Waals surface area contributed by atoms with E-state index in [0.717, 1.165) is 12.1 Å². The molecule has 28 heavy (non-hydrogen) atoms. The first-order valence-corrected chi connectivity index (χ1v) is 8.53. The molecule has 0 saturated carbocycles. The lowest BCUT2D eigenvalue weighted by molar-refractivity contribution is 0.102. The molecule has 8 heteroatoms. The van der Waals surface area contributed by atoms with Crippen molar-refractivity contribution in [3.63, 3.8) is 0 Å². The molecule has 3 aromatic rings. The van der Waals surface area contributed by atoms with E-state index in [4.69, 9.17) is 4.74 Å². The van der Waals surface area contributed by atoms with Crippen molar-refractivity contribution in [3.05, 3.63) is 72.2 Å². The Kier molecular flexibility index (Phi) is 5.78. The van der Waals surface area contributed by atoms with Gasteiger partial charge >= 0.3 is 0 Å². The number of benzene rings is 2. The first-order valence-electron chi connectivity index (χ1n) is 8.53. The van der Waals surface area contributed by atoms with E-state index in [9.17, 15) is 13.6 Å². The number of halogens is 2. The number of carbonyl (C=O) groups is 1. The summed E-state index contributed by atoms with van der Waals surface area (Å²) in [5, 5.41) is 5.41. The quantitative estimate of drug-likeness (QED) is 0.653. The minimum absolute atomic E-state index is 0.0462. The fraction of sp³-hybridized carbons (Fsp3) is 0.150. The molecule has 3 rings (SSSR count). The van der Waals surface area contributed by atoms with Crippen molar-refractivity contribution in [2.24, 2.45) is 0 Å². The van der Waals surface area contributed by atoms with E-state index in [1.165, 1.54) is 18.5 Å². The Morgan fingerprint density at radius 2 is 1.82 bits per heavy atom. The Morgan fingerprint density at radius 3 is 2.50 bits per heavy atom. The van der Waals surface area contributed by atoms with Crippen molar-refractivity contribution < 1.29 is 18.3 Å². The Morgan fingerprint density at radius 1 is 1.04 bits per heavy atom. The van der Waals surface area contributed by atoms with Crippen molar-refractivity contribution in [3.8, 4) is 5.75 Å². The van der Waals surface area contributed by atoms with Gasteiger partial charge in [0.25, 0.3) is 5.91 Å². The molecule has 0 aliphatic rings. The van der Waals surface area contributed by atoms with Crippen LogP contribution < -0.4 is 15.4 Å². The number of para-hydroxylation sites is 2. The first kappa shape index (κ1) is 19.2. The van der Waals surface area contributed by atoms with Crippen LogP contribution in [0.3, 0.4) is 0 Å². The highest BCUT2D eigenvalue weighted by Crippen LogP contribution is 2.25. The maximum absolute atomic E-state index is 13.7. The fourth-order valence-electron chi connectivity index (χ4n) is 2.35. The van der Waals surface area contributed by atoms with Crippen LogP contribution in [0.25, 0.3) is 0 Å². The molecule has 1 heterocycles. The van der Waals surface area contributed by atoms with Crippen LogP contribution in [0, 0.1) is 11.6 Å². The summed E-state index contributed by atoms with van der Waals surface area (Å²) in [5.74, 6) is -1.14. The van der Waals surface area contributed by atoms with Gasteiger partial charge in [-0.1, -0.05) is 12.1 Å². The lowest BCUT2D eigenvalue weighted by Crippen LogP contribution is -2.16. The maximum Gasteiger partial charge on any atom is 0.275 e. The van der Waals surface area contributed by atoms with Gasteiger partial charge in [0.1, 0.15) is 28.9 Å². The van der Waals surface area contributed by atoms with Gasteiger partial charge in [-0.2, -0.15) is 0 Å². The number of amides is 1. The SMILES string of the molecule is CC(C)Oc1ccccc1NC(=O)c1cnc(Nc2ccc(F)cc2F)cn1. The van der Waals surface area contributed by atoms with Gasteiger partial charge in [0.2, 0.25) is 0 Å². The summed E-state index contributed by atoms with van der Waals surface area (Å²) >= 11 is 0. The molecule has 0 bridgehead atoms. The average molecular weight is 384 g/mol. The molecule has 2 aromatic carbocycles. The Bertz CT molecular complexity index is 978. The number of hydrogen-bond acceptors (Lipinski definition) is 5. The lowest BCUT2D eigenvalue weighted by atomic mass is 10.2. The van der Waals surface area contributed by atoms with Gasteiger partial charge in [-0.3, -0.25) is 4.79 Å². The topological polar surface area (TPSA) is 76.1 Å². The molecule has 0 fully saturated rings. The standard InChI is InChI=1S/C20H18F2N4O2/c1-12(2)28-18-6-4-3-5-16(18)26-20(27)17-10-24-19(11-23-17)25-15-8-7-13(21)9-14(15)22/h3-12H,1-2H3,(H,24,25)(H,26,27). The van der Waals surface area contributed by atoms with Gasteiger partial charge in [-0.15, -0.1) is 0 Å². The van der Waals surface area contributed by atoms with Crippen molar-refractivity contribution >= 4 is 23.1 Å². The third-order valence-electron chi connectivity index (χ3n) is 3.58. The largest absolute Gasteiger partial charge is 0.489 e. The molecule has 0 saturated heterocycles. The van der Waals surface area contributed by atoms with E-state index in [2.05, 4.69) is 20.6 Å². The molecule has 0 spiro atoms. The van der Waals surface area contributed by atoms with Gasteiger partial charge in [0.15, 0.2) is 0 Å². The zero-order valence-electron chi connectivity index (χ0n) is 15.2. The van der Waals surface area contributed by atoms with Crippen LogP contribution in [0.15, 0.2) is 54.9 Å². The van der Waals surface area contributed by atoms with Crippen LogP contribution in [0.4, 0.5) is 26.0 Å². The second-order valence-corrected chi connectivity index (χ2v) is 6.15. The molecular weight excluding hydrogens is 366 g/mol. The molecule has 0 aliphatic heterocycles. The normalized spacial score (nSPS) is 10.6. The second-order valence-electron chi connectivity index (χ2n) is 6.15. The third-order valence-corrected chi connectivity index (χ3v) is 3.58. The molecule has 0 atom stereocenters. The number of ether oxygens (including phenoxy) is 1. The highest BCUT2D eigenvalue weighted by molar-refractivity contribution is 6.03. The predicted molar refractivity (Wildman–Crippen MR) is 102 cm³/mol. The van der Waals surface area contributed by atoms with Crippen molar-refractivity contribution in [2.45, 2.75) is 20.0 Å². The summed E-state index contributed by atoms with van der Waals surface area (Å²) in [5.41, 5.74) is 0.635. The molecule has 0 unspecified atom stereocenters. The lowest BCUT2D eigenvalue weighted by Gasteiger charge is -2.14. The summed E-state index contributed by atoms with van der Waals surface area (Å²) in [6.07, 6.45) is 2.49. The van der Waals surface area contributed by atoms with Gasteiger partial charge < -0.3 is 15.4 Å². The van der Waals surface area contributed by atoms with Gasteiger partial charge in [0.05, 0.1) is 29.9 Å². The highest BCUT2D eigenvalue weighted by atomic mass is 19.1. The van der Waals surface area contributed by atoms with E-state index in [-0.39, 0.29) is 23.3 Å². The zero-order chi connectivity index (χ0) is 20.1. The first-order chi connectivity index (χ1) is 13.4. The predicted octanol–water partition coefficient (Wildman–Crippen LogP) is 4.54. The molecule has 6 nitrogen and oxygen atoms in total. The van der Waals surface area contributed by atoms with E-state index in [0.29, 0.717) is 11.4 Å². The smallest absolute Gasteiger partial charge is 0.275 e. The van der Waals surface area contributed by atoms with Crippen LogP contribution in [-0.2, 0) is 0 Å². The number of hydrogen-bond donors (Lipinski definition) is 2. The van der Waals surface area contributed by atoms with Gasteiger partial charge in [-0.25, -0.2) is 18.7 Å². The number of rotatable bonds is 6. The molecule has 144 valence electrons. The van der Waals surface area contributed by atoms with Crippen LogP contribution in [0.1, 0.15) is 24.3 Å². The highest BCUT2D eigenvalue weighted by Gasteiger charge is 2.13. The molecule has 1 amide bonds. The van der Waals surface area contributed by atoms with Gasteiger partial charge in [0, 0.05) is 6.07 Å². The number of carbonyl (C=O) groups excluding carboxylic acids is 1. The number of nitrogens with zero attached hydrogens (tertiary/aromatic N) is 2. The number of aromatic nitrogens is 2. The summed E-state index contributed by atoms with van der Waals surface area (Å²) in [6, 6.07) is 10.2. The van der Waals surface area contributed by atoms with Crippen LogP contribution >= 0.6 is 0 Å². The van der Waals surface area contributed by atoms with Crippen molar-refractivity contribution in [2.75, 3.05) is 10.6 Å². The van der Waals surface area contributed by atoms with E-state index < -0.39 is 17.5 Å². The van der Waals surface area contributed by atoms with E-state index >= 15 is 0 Å². The van der Waals surface area contributed by atoms with Crippen LogP contribution in [-0.4, -0.2) is 22.0 Å². The Balaban J connectivity index is 1.70. The average Bonchev–Trinajstić information content (AvgIpc) is 2.66. The summed E-state index contributed by atoms with van der Waals surface area (Å²) in [7, 11) is 0. The molecular formula is C20H18F2N4O2. The Labute approximate surface area is 160 Å². The van der Waals surface area contributed by atoms with E-state index in [1.807, 2.05) is 19.9 Å². The third kappa shape index (κ3) is 4.79. The Hall–Kier alpha value is -3.55. The monoisotopic (exact) mass is 384 g/mol. The van der Waals surface area contributed by atoms with Crippen molar-refractivity contribution in [1.82, 2.24) is 9.97 Å². The summed E-state index contributed by atoms with van der Waals surface area (Å²) in [6.45, 7) is 3.78. The second kappa shape index (κ2) is 8.43. The van der Waals surface area contributed by atoms with Crippen LogP contribution in [0.5, 0.6) is 5.75 Å². The molecule has 1 aromatic heterocycles. The minimum Gasteiger partial charge on any atom is -0.489 e. The minimum atomic E-state index is -0.759. The van der Waals surface area contributed by atoms with Crippen molar-refractivity contribution in [1.29, 1.82) is 0 Å². The molecule has 0 radical (unpaired) electrons. The molecule has 2 N–H and O–H groups in total. The fourth-order valence-corrected chi connectivity index (χ4v) is 2.35. The maximum atomic E-state index is 13.7. The zero-order valence-corrected chi connectivity index (χ0v) is 15.2. The summed E-state index contributed by atoms with van der Waals surface area (Å²) < 4.78 is 32.3. The summed E-state index contributed by atoms with van der Waals surface area (Å²) in [4.78, 5) is 20.5. The van der Waals surface area contributed by atoms with Gasteiger partial charge in [-0.05, 0) is 38.1 Å². The van der Waals surface area contributed by atoms with E-state index in [1.54, 1.807) is 18.2 Å². The number of anilines is 3.